The van der Waals surface area contributed by atoms with Crippen LogP contribution in [-0.4, -0.2) is 11.8 Å². The van der Waals surface area contributed by atoms with Crippen LogP contribution in [0.25, 0.3) is 0 Å². The standard InChI is InChI=1S/C7H13NO/c1-3-7-5-4-6(2)8-9-7/h7H,3-5H2,1-2H3. The topological polar surface area (TPSA) is 21.6 Å². The van der Waals surface area contributed by atoms with E-state index in [-0.39, 0.29) is 0 Å². The summed E-state index contributed by atoms with van der Waals surface area (Å²) in [5, 5.41) is 3.90. The monoisotopic (exact) mass is 127 g/mol. The van der Waals surface area contributed by atoms with Crippen LogP contribution in [0.15, 0.2) is 5.16 Å². The number of hydrogen-bond donors (Lipinski definition) is 0. The van der Waals surface area contributed by atoms with Gasteiger partial charge < -0.3 is 4.84 Å². The molecule has 2 nitrogen and oxygen atoms in total. The van der Waals surface area contributed by atoms with Crippen molar-refractivity contribution in [2.24, 2.45) is 5.16 Å². The van der Waals surface area contributed by atoms with Crippen molar-refractivity contribution >= 4 is 5.71 Å². The van der Waals surface area contributed by atoms with E-state index in [4.69, 9.17) is 4.84 Å². The Balaban J connectivity index is 2.36. The van der Waals surface area contributed by atoms with Gasteiger partial charge in [0.05, 0.1) is 5.71 Å². The van der Waals surface area contributed by atoms with Gasteiger partial charge in [-0.25, -0.2) is 0 Å². The molecule has 0 aromatic carbocycles. The van der Waals surface area contributed by atoms with Crippen molar-refractivity contribution in [1.29, 1.82) is 0 Å². The number of nitrogens with zero attached hydrogens (tertiary/aromatic N) is 1. The molecule has 0 N–H and O–H groups in total. The van der Waals surface area contributed by atoms with Crippen molar-refractivity contribution in [3.8, 4) is 0 Å². The Kier molecular flexibility index (Phi) is 2.09. The highest BCUT2D eigenvalue weighted by atomic mass is 16.6. The molecule has 1 rings (SSSR count). The van der Waals surface area contributed by atoms with E-state index in [2.05, 4.69) is 12.1 Å². The maximum Gasteiger partial charge on any atom is 0.127 e. The lowest BCUT2D eigenvalue weighted by Crippen LogP contribution is -2.15. The number of hydrogen-bond acceptors (Lipinski definition) is 2. The fourth-order valence-corrected chi connectivity index (χ4v) is 0.911. The molecule has 0 saturated carbocycles. The van der Waals surface area contributed by atoms with Crippen LogP contribution in [0.2, 0.25) is 0 Å². The minimum Gasteiger partial charge on any atom is -0.393 e. The van der Waals surface area contributed by atoms with Gasteiger partial charge in [-0.1, -0.05) is 12.1 Å². The van der Waals surface area contributed by atoms with Crippen LogP contribution < -0.4 is 0 Å². The van der Waals surface area contributed by atoms with Crippen molar-refractivity contribution in [3.63, 3.8) is 0 Å². The zero-order valence-electron chi connectivity index (χ0n) is 6.05. The molecule has 2 heteroatoms. The Morgan fingerprint density at radius 1 is 1.78 bits per heavy atom. The minimum atomic E-state index is 0.383. The van der Waals surface area contributed by atoms with E-state index >= 15 is 0 Å². The summed E-state index contributed by atoms with van der Waals surface area (Å²) >= 11 is 0. The summed E-state index contributed by atoms with van der Waals surface area (Å²) in [7, 11) is 0. The van der Waals surface area contributed by atoms with Crippen LogP contribution in [0, 0.1) is 0 Å². The SMILES string of the molecule is CCC1CCC(C)=NO1. The van der Waals surface area contributed by atoms with Crippen molar-refractivity contribution < 1.29 is 4.84 Å². The largest absolute Gasteiger partial charge is 0.393 e. The zero-order chi connectivity index (χ0) is 6.69. The summed E-state index contributed by atoms with van der Waals surface area (Å²) in [4.78, 5) is 5.13. The molecule has 0 aromatic rings. The third-order valence-electron chi connectivity index (χ3n) is 1.64. The van der Waals surface area contributed by atoms with Gasteiger partial charge in [0.2, 0.25) is 0 Å². The van der Waals surface area contributed by atoms with Gasteiger partial charge in [0.1, 0.15) is 6.10 Å². The Morgan fingerprint density at radius 2 is 2.56 bits per heavy atom. The van der Waals surface area contributed by atoms with Gasteiger partial charge in [0, 0.05) is 0 Å². The normalized spacial score (nSPS) is 26.9. The first-order valence-corrected chi connectivity index (χ1v) is 3.52. The van der Waals surface area contributed by atoms with E-state index in [9.17, 15) is 0 Å². The molecule has 1 unspecified atom stereocenters. The first kappa shape index (κ1) is 6.59. The number of oxime groups is 1. The quantitative estimate of drug-likeness (QED) is 0.527. The molecule has 9 heavy (non-hydrogen) atoms. The molecule has 52 valence electrons. The Labute approximate surface area is 55.9 Å². The first-order valence-electron chi connectivity index (χ1n) is 3.52. The summed E-state index contributed by atoms with van der Waals surface area (Å²) in [6.07, 6.45) is 3.72. The lowest BCUT2D eigenvalue weighted by molar-refractivity contribution is 0.0411. The lowest BCUT2D eigenvalue weighted by atomic mass is 10.1. The molecule has 0 saturated heterocycles. The first-order chi connectivity index (χ1) is 4.33. The van der Waals surface area contributed by atoms with Crippen molar-refractivity contribution in [3.05, 3.63) is 0 Å². The van der Waals surface area contributed by atoms with Gasteiger partial charge in [-0.05, 0) is 26.2 Å². The molecule has 1 aliphatic rings. The predicted molar refractivity (Wildman–Crippen MR) is 37.5 cm³/mol. The summed E-state index contributed by atoms with van der Waals surface area (Å²) in [6.45, 7) is 4.13. The maximum atomic E-state index is 5.13. The lowest BCUT2D eigenvalue weighted by Gasteiger charge is -2.17. The minimum absolute atomic E-state index is 0.383. The molecule has 1 heterocycles. The Morgan fingerprint density at radius 3 is 3.00 bits per heavy atom. The fourth-order valence-electron chi connectivity index (χ4n) is 0.911. The summed E-state index contributed by atoms with van der Waals surface area (Å²) in [5.41, 5.74) is 1.12. The molecule has 0 amide bonds. The molecule has 0 spiro atoms. The van der Waals surface area contributed by atoms with E-state index in [1.807, 2.05) is 6.92 Å². The molecule has 0 aromatic heterocycles. The van der Waals surface area contributed by atoms with Crippen LogP contribution in [-0.2, 0) is 4.84 Å². The summed E-state index contributed by atoms with van der Waals surface area (Å²) in [6, 6.07) is 0. The second-order valence-corrected chi connectivity index (χ2v) is 2.50. The van der Waals surface area contributed by atoms with Crippen LogP contribution in [0.5, 0.6) is 0 Å². The van der Waals surface area contributed by atoms with E-state index in [1.165, 1.54) is 0 Å². The van der Waals surface area contributed by atoms with Crippen LogP contribution in [0.4, 0.5) is 0 Å². The van der Waals surface area contributed by atoms with E-state index in [0.717, 1.165) is 25.0 Å². The zero-order valence-corrected chi connectivity index (χ0v) is 6.05. The van der Waals surface area contributed by atoms with Gasteiger partial charge in [-0.3, -0.25) is 0 Å². The van der Waals surface area contributed by atoms with Gasteiger partial charge >= 0.3 is 0 Å². The van der Waals surface area contributed by atoms with E-state index in [1.54, 1.807) is 0 Å². The highest BCUT2D eigenvalue weighted by molar-refractivity contribution is 5.81. The van der Waals surface area contributed by atoms with Crippen molar-refractivity contribution in [2.75, 3.05) is 0 Å². The van der Waals surface area contributed by atoms with Gasteiger partial charge in [0.25, 0.3) is 0 Å². The van der Waals surface area contributed by atoms with E-state index in [0.29, 0.717) is 6.10 Å². The average molecular weight is 127 g/mol. The molecule has 0 radical (unpaired) electrons. The van der Waals surface area contributed by atoms with Crippen molar-refractivity contribution in [2.45, 2.75) is 39.2 Å². The van der Waals surface area contributed by atoms with Crippen LogP contribution in [0.3, 0.4) is 0 Å². The van der Waals surface area contributed by atoms with Crippen molar-refractivity contribution in [1.82, 2.24) is 0 Å². The molecular weight excluding hydrogens is 114 g/mol. The fraction of sp³-hybridized carbons (Fsp3) is 0.857. The predicted octanol–water partition coefficient (Wildman–Crippen LogP) is 1.95. The Hall–Kier alpha value is -0.530. The van der Waals surface area contributed by atoms with Crippen LogP contribution >= 0.6 is 0 Å². The highest BCUT2D eigenvalue weighted by Crippen LogP contribution is 2.12. The highest BCUT2D eigenvalue weighted by Gasteiger charge is 2.11. The Bertz CT molecular complexity index is 120. The van der Waals surface area contributed by atoms with Gasteiger partial charge in [0.15, 0.2) is 0 Å². The van der Waals surface area contributed by atoms with Gasteiger partial charge in [-0.15, -0.1) is 0 Å². The third-order valence-corrected chi connectivity index (χ3v) is 1.64. The van der Waals surface area contributed by atoms with E-state index < -0.39 is 0 Å². The molecule has 1 aliphatic heterocycles. The second kappa shape index (κ2) is 2.85. The smallest absolute Gasteiger partial charge is 0.127 e. The molecule has 0 bridgehead atoms. The third kappa shape index (κ3) is 1.70. The average Bonchev–Trinajstić information content (AvgIpc) is 1.90. The maximum absolute atomic E-state index is 5.13. The van der Waals surface area contributed by atoms with Gasteiger partial charge in [-0.2, -0.15) is 0 Å². The number of rotatable bonds is 1. The second-order valence-electron chi connectivity index (χ2n) is 2.50. The van der Waals surface area contributed by atoms with Crippen LogP contribution in [0.1, 0.15) is 33.1 Å². The molecule has 1 atom stereocenters. The summed E-state index contributed by atoms with van der Waals surface area (Å²) in [5.74, 6) is 0. The summed E-state index contributed by atoms with van der Waals surface area (Å²) < 4.78 is 0. The molecular formula is C7H13NO. The molecule has 0 fully saturated rings. The molecule has 0 aliphatic carbocycles.